The molecule has 4 nitrogen and oxygen atoms in total. The zero-order chi connectivity index (χ0) is 9.98. The van der Waals surface area contributed by atoms with E-state index in [2.05, 4.69) is 5.32 Å². The first-order valence-corrected chi connectivity index (χ1v) is 8.64. The van der Waals surface area contributed by atoms with Gasteiger partial charge in [0.05, 0.1) is 0 Å². The van der Waals surface area contributed by atoms with Crippen molar-refractivity contribution >= 4 is 24.7 Å². The second-order valence-corrected chi connectivity index (χ2v) is 5.17. The van der Waals surface area contributed by atoms with Gasteiger partial charge in [-0.2, -0.15) is 6.54 Å². The summed E-state index contributed by atoms with van der Waals surface area (Å²) in [6.45, 7) is 1.73. The van der Waals surface area contributed by atoms with Crippen molar-refractivity contribution in [2.45, 2.75) is 13.0 Å². The molecule has 0 saturated carbocycles. The van der Waals surface area contributed by atoms with Crippen LogP contribution in [0.4, 0.5) is 0 Å². The van der Waals surface area contributed by atoms with Crippen molar-refractivity contribution in [1.29, 1.82) is 0 Å². The molecule has 0 rings (SSSR count). The van der Waals surface area contributed by atoms with Gasteiger partial charge in [-0.15, -0.1) is 6.04 Å². The summed E-state index contributed by atoms with van der Waals surface area (Å²) in [5, 5.41) is 2.45. The molecule has 1 unspecified atom stereocenters. The standard InChI is InChI=1S/C5H11N3O.2ClH.Pt/c1-4(9)8-3-5(7)2-6;;;/h5-7H,2-3H2,1H3,(H,8,9);2*1H;/q-2;;;+4/p-2. The zero-order valence-corrected chi connectivity index (χ0v) is 10.3. The Morgan fingerprint density at radius 3 is 2.33 bits per heavy atom. The predicted octanol–water partition coefficient (Wildman–Crippen LogP) is 1.97. The molecule has 12 heavy (non-hydrogen) atoms. The van der Waals surface area contributed by atoms with E-state index in [-0.39, 0.29) is 12.5 Å². The number of amides is 1. The fourth-order valence-corrected chi connectivity index (χ4v) is 0.339. The Balaban J connectivity index is 0. The van der Waals surface area contributed by atoms with Gasteiger partial charge in [-0.3, -0.25) is 4.79 Å². The third-order valence-electron chi connectivity index (χ3n) is 0.844. The van der Waals surface area contributed by atoms with Gasteiger partial charge in [0, 0.05) is 6.92 Å². The summed E-state index contributed by atoms with van der Waals surface area (Å²) in [7, 11) is 9.75. The maximum atomic E-state index is 10.2. The molecule has 0 heterocycles. The van der Waals surface area contributed by atoms with Crippen molar-refractivity contribution in [3.05, 3.63) is 11.5 Å². The normalized spacial score (nSPS) is 11.4. The van der Waals surface area contributed by atoms with Crippen LogP contribution in [0.25, 0.3) is 11.5 Å². The van der Waals surface area contributed by atoms with Crippen LogP contribution in [0.2, 0.25) is 0 Å². The van der Waals surface area contributed by atoms with Gasteiger partial charge in [0.1, 0.15) is 0 Å². The molecular formula is C5H11Cl2N3OPt. The Morgan fingerprint density at radius 2 is 2.08 bits per heavy atom. The second-order valence-electron chi connectivity index (χ2n) is 1.88. The number of hydrogen-bond acceptors (Lipinski definition) is 1. The molecule has 0 aromatic rings. The van der Waals surface area contributed by atoms with Crippen LogP contribution in [0.1, 0.15) is 6.92 Å². The van der Waals surface area contributed by atoms with Crippen molar-refractivity contribution in [2.24, 2.45) is 0 Å². The fraction of sp³-hybridized carbons (Fsp3) is 0.800. The van der Waals surface area contributed by atoms with Crippen molar-refractivity contribution in [2.75, 3.05) is 13.1 Å². The first-order valence-electron chi connectivity index (χ1n) is 3.01. The molecule has 76 valence electrons. The molecule has 0 aliphatic heterocycles. The molecule has 0 fully saturated rings. The molecule has 7 heteroatoms. The predicted molar refractivity (Wildman–Crippen MR) is 47.7 cm³/mol. The molecule has 0 aromatic carbocycles. The molecule has 3 N–H and O–H groups in total. The fourth-order valence-electron chi connectivity index (χ4n) is 0.339. The number of rotatable bonds is 3. The van der Waals surface area contributed by atoms with E-state index in [1.807, 2.05) is 0 Å². The first kappa shape index (κ1) is 15.1. The van der Waals surface area contributed by atoms with E-state index < -0.39 is 22.5 Å². The third kappa shape index (κ3) is 17.0. The third-order valence-corrected chi connectivity index (χ3v) is 0.844. The first-order chi connectivity index (χ1) is 5.58. The number of hydrogen-bond donors (Lipinski definition) is 1. The molecule has 1 atom stereocenters. The molecule has 0 saturated heterocycles. The van der Waals surface area contributed by atoms with Crippen LogP contribution in [-0.2, 0) is 21.3 Å². The van der Waals surface area contributed by atoms with E-state index in [0.29, 0.717) is 6.54 Å². The van der Waals surface area contributed by atoms with Gasteiger partial charge in [0.15, 0.2) is 0 Å². The quantitative estimate of drug-likeness (QED) is 0.780. The number of carbonyl (C=O) groups is 1. The Morgan fingerprint density at radius 1 is 1.67 bits per heavy atom. The van der Waals surface area contributed by atoms with Crippen LogP contribution < -0.4 is 5.32 Å². The van der Waals surface area contributed by atoms with E-state index in [9.17, 15) is 4.79 Å². The van der Waals surface area contributed by atoms with Crippen LogP contribution in [0.15, 0.2) is 0 Å². The summed E-state index contributed by atoms with van der Waals surface area (Å²) in [4.78, 5) is 10.2. The molecule has 0 aliphatic carbocycles. The van der Waals surface area contributed by atoms with Crippen molar-refractivity contribution in [1.82, 2.24) is 5.32 Å². The van der Waals surface area contributed by atoms with Gasteiger partial charge in [-0.1, -0.05) is 0 Å². The molecule has 0 aromatic heterocycles. The Hall–Kier alpha value is 0.658. The van der Waals surface area contributed by atoms with Gasteiger partial charge >= 0.3 is 35.3 Å². The number of nitrogens with one attached hydrogen (secondary N) is 3. The van der Waals surface area contributed by atoms with Crippen molar-refractivity contribution < 1.29 is 21.3 Å². The van der Waals surface area contributed by atoms with E-state index in [0.717, 1.165) is 0 Å². The van der Waals surface area contributed by atoms with Crippen LogP contribution in [-0.4, -0.2) is 25.0 Å². The molecule has 1 amide bonds. The minimum absolute atomic E-state index is 0.0419. The van der Waals surface area contributed by atoms with E-state index in [1.54, 1.807) is 0 Å². The summed E-state index contributed by atoms with van der Waals surface area (Å²) in [6, 6.07) is -0.478. The monoisotopic (exact) mass is 394 g/mol. The average Bonchev–Trinajstić information content (AvgIpc) is 2.01. The Labute approximate surface area is 88.7 Å². The Kier molecular flexibility index (Phi) is 14.7. The Bertz CT molecular complexity index is 117. The average molecular weight is 395 g/mol. The molecule has 0 aliphatic rings. The zero-order valence-electron chi connectivity index (χ0n) is 6.47. The van der Waals surface area contributed by atoms with E-state index >= 15 is 0 Å². The van der Waals surface area contributed by atoms with Gasteiger partial charge in [0.25, 0.3) is 0 Å². The summed E-state index contributed by atoms with van der Waals surface area (Å²) >= 11 is -0.472. The van der Waals surface area contributed by atoms with Crippen LogP contribution in [0, 0.1) is 0 Å². The van der Waals surface area contributed by atoms with E-state index in [1.165, 1.54) is 6.92 Å². The molecule has 0 bridgehead atoms. The maximum absolute atomic E-state index is 10.2. The minimum atomic E-state index is -0.478. The van der Waals surface area contributed by atoms with Crippen LogP contribution in [0.3, 0.4) is 0 Å². The summed E-state index contributed by atoms with van der Waals surface area (Å²) in [6.07, 6.45) is 0. The molecule has 0 spiro atoms. The summed E-state index contributed by atoms with van der Waals surface area (Å²) in [5.41, 5.74) is 13.7. The van der Waals surface area contributed by atoms with Gasteiger partial charge < -0.3 is 16.8 Å². The van der Waals surface area contributed by atoms with Gasteiger partial charge in [0.2, 0.25) is 5.91 Å². The SMILES string of the molecule is CC(=O)NCC([NH-])C[NH-].[Cl][Pt+2][Cl]. The van der Waals surface area contributed by atoms with Crippen molar-refractivity contribution in [3.8, 4) is 0 Å². The van der Waals surface area contributed by atoms with Crippen LogP contribution in [0.5, 0.6) is 0 Å². The summed E-state index contributed by atoms with van der Waals surface area (Å²) < 4.78 is 0. The van der Waals surface area contributed by atoms with Crippen LogP contribution >= 0.6 is 18.8 Å². The number of halogens is 2. The molecule has 0 radical (unpaired) electrons. The number of carbonyl (C=O) groups excluding carboxylic acids is 1. The van der Waals surface area contributed by atoms with Gasteiger partial charge in [-0.25, -0.2) is 0 Å². The topological polar surface area (TPSA) is 76.7 Å². The van der Waals surface area contributed by atoms with Gasteiger partial charge in [-0.05, 0) is 6.54 Å². The molecular weight excluding hydrogens is 384 g/mol. The summed E-state index contributed by atoms with van der Waals surface area (Å²) in [5.74, 6) is -0.138. The van der Waals surface area contributed by atoms with E-state index in [4.69, 9.17) is 30.3 Å². The second kappa shape index (κ2) is 11.7. The van der Waals surface area contributed by atoms with Crippen molar-refractivity contribution in [3.63, 3.8) is 0 Å².